The van der Waals surface area contributed by atoms with Crippen molar-refractivity contribution < 1.29 is 14.6 Å². The van der Waals surface area contributed by atoms with E-state index in [1.807, 2.05) is 65.5 Å². The molecular formula is C22H18N2O3. The molecule has 1 N–H and O–H groups in total. The Morgan fingerprint density at radius 3 is 2.59 bits per heavy atom. The third-order valence-electron chi connectivity index (χ3n) is 4.29. The summed E-state index contributed by atoms with van der Waals surface area (Å²) in [7, 11) is 0. The van der Waals surface area contributed by atoms with Gasteiger partial charge in [0.15, 0.2) is 0 Å². The van der Waals surface area contributed by atoms with Gasteiger partial charge in [-0.2, -0.15) is 5.10 Å². The molecule has 1 aromatic heterocycles. The minimum absolute atomic E-state index is 0.240. The molecule has 27 heavy (non-hydrogen) atoms. The number of nitrogens with zero attached hydrogens (tertiary/aromatic N) is 2. The SMILES string of the molecule is O=C(O)c1ccc2cn(Cc3cccc(OCc4ccccc4)c3)nc2c1. The highest BCUT2D eigenvalue weighted by Gasteiger charge is 2.07. The van der Waals surface area contributed by atoms with E-state index in [0.29, 0.717) is 18.7 Å². The molecule has 5 heteroatoms. The predicted octanol–water partition coefficient (Wildman–Crippen LogP) is 4.36. The van der Waals surface area contributed by atoms with Crippen molar-refractivity contribution in [2.45, 2.75) is 13.2 Å². The van der Waals surface area contributed by atoms with Gasteiger partial charge in [-0.15, -0.1) is 0 Å². The molecule has 0 unspecified atom stereocenters. The molecular weight excluding hydrogens is 340 g/mol. The lowest BCUT2D eigenvalue weighted by Crippen LogP contribution is -2.01. The van der Waals surface area contributed by atoms with E-state index < -0.39 is 5.97 Å². The number of aromatic nitrogens is 2. The summed E-state index contributed by atoms with van der Waals surface area (Å²) < 4.78 is 7.69. The van der Waals surface area contributed by atoms with Crippen LogP contribution in [0.1, 0.15) is 21.5 Å². The number of carboxylic acid groups (broad SMARTS) is 1. The maximum Gasteiger partial charge on any atom is 0.335 e. The fraction of sp³-hybridized carbons (Fsp3) is 0.0909. The van der Waals surface area contributed by atoms with E-state index in [1.54, 1.807) is 18.2 Å². The summed E-state index contributed by atoms with van der Waals surface area (Å²) in [6, 6.07) is 22.9. The molecule has 0 saturated heterocycles. The standard InChI is InChI=1S/C22H18N2O3/c25-22(26)18-9-10-19-14-24(23-21(19)12-18)13-17-7-4-8-20(11-17)27-15-16-5-2-1-3-6-16/h1-12,14H,13,15H2,(H,25,26). The van der Waals surface area contributed by atoms with Crippen LogP contribution in [-0.4, -0.2) is 20.9 Å². The van der Waals surface area contributed by atoms with Crippen LogP contribution in [0.25, 0.3) is 10.9 Å². The molecule has 0 aliphatic rings. The smallest absolute Gasteiger partial charge is 0.335 e. The summed E-state index contributed by atoms with van der Waals surface area (Å²) in [5, 5.41) is 14.5. The molecule has 0 radical (unpaired) electrons. The van der Waals surface area contributed by atoms with E-state index >= 15 is 0 Å². The van der Waals surface area contributed by atoms with Crippen LogP contribution in [0.15, 0.2) is 79.0 Å². The highest BCUT2D eigenvalue weighted by atomic mass is 16.5. The lowest BCUT2D eigenvalue weighted by atomic mass is 10.2. The van der Waals surface area contributed by atoms with E-state index in [1.165, 1.54) is 0 Å². The van der Waals surface area contributed by atoms with E-state index in [-0.39, 0.29) is 5.56 Å². The van der Waals surface area contributed by atoms with Crippen LogP contribution >= 0.6 is 0 Å². The Hall–Kier alpha value is -3.60. The maximum absolute atomic E-state index is 11.1. The van der Waals surface area contributed by atoms with E-state index in [2.05, 4.69) is 5.10 Å². The monoisotopic (exact) mass is 358 g/mol. The molecule has 0 aliphatic heterocycles. The molecule has 4 aromatic rings. The van der Waals surface area contributed by atoms with Crippen molar-refractivity contribution in [3.8, 4) is 5.75 Å². The zero-order valence-corrected chi connectivity index (χ0v) is 14.6. The number of rotatable bonds is 6. The Morgan fingerprint density at radius 1 is 0.963 bits per heavy atom. The summed E-state index contributed by atoms with van der Waals surface area (Å²) in [6.07, 6.45) is 1.92. The molecule has 0 saturated carbocycles. The third-order valence-corrected chi connectivity index (χ3v) is 4.29. The van der Waals surface area contributed by atoms with Crippen molar-refractivity contribution in [2.75, 3.05) is 0 Å². The van der Waals surface area contributed by atoms with Gasteiger partial charge in [0.05, 0.1) is 17.6 Å². The molecule has 5 nitrogen and oxygen atoms in total. The molecule has 0 spiro atoms. The molecule has 0 fully saturated rings. The van der Waals surface area contributed by atoms with Crippen molar-refractivity contribution in [3.05, 3.63) is 95.7 Å². The van der Waals surface area contributed by atoms with Gasteiger partial charge in [0.2, 0.25) is 0 Å². The van der Waals surface area contributed by atoms with Crippen LogP contribution in [0.5, 0.6) is 5.75 Å². The molecule has 0 atom stereocenters. The number of carboxylic acids is 1. The van der Waals surface area contributed by atoms with Crippen LogP contribution in [-0.2, 0) is 13.2 Å². The second kappa shape index (κ2) is 7.33. The maximum atomic E-state index is 11.1. The van der Waals surface area contributed by atoms with Gasteiger partial charge >= 0.3 is 5.97 Å². The lowest BCUT2D eigenvalue weighted by molar-refractivity contribution is 0.0697. The summed E-state index contributed by atoms with van der Waals surface area (Å²) in [4.78, 5) is 11.1. The van der Waals surface area contributed by atoms with Gasteiger partial charge in [0.25, 0.3) is 0 Å². The second-order valence-corrected chi connectivity index (χ2v) is 6.33. The number of aromatic carboxylic acids is 1. The minimum atomic E-state index is -0.949. The van der Waals surface area contributed by atoms with Gasteiger partial charge in [-0.05, 0) is 35.4 Å². The van der Waals surface area contributed by atoms with Crippen molar-refractivity contribution in [1.29, 1.82) is 0 Å². The first-order valence-electron chi connectivity index (χ1n) is 8.63. The molecule has 3 aromatic carbocycles. The Morgan fingerprint density at radius 2 is 1.78 bits per heavy atom. The van der Waals surface area contributed by atoms with Crippen molar-refractivity contribution in [1.82, 2.24) is 9.78 Å². The number of carbonyl (C=O) groups is 1. The van der Waals surface area contributed by atoms with Crippen molar-refractivity contribution in [3.63, 3.8) is 0 Å². The van der Waals surface area contributed by atoms with Crippen LogP contribution in [0, 0.1) is 0 Å². The highest BCUT2D eigenvalue weighted by molar-refractivity contribution is 5.92. The Bertz CT molecular complexity index is 1090. The van der Waals surface area contributed by atoms with Gasteiger partial charge in [0.1, 0.15) is 12.4 Å². The third kappa shape index (κ3) is 3.98. The number of ether oxygens (including phenoxy) is 1. The average molecular weight is 358 g/mol. The first-order chi connectivity index (χ1) is 13.2. The van der Waals surface area contributed by atoms with Crippen molar-refractivity contribution >= 4 is 16.9 Å². The van der Waals surface area contributed by atoms with E-state index in [9.17, 15) is 4.79 Å². The van der Waals surface area contributed by atoms with Gasteiger partial charge in [0, 0.05) is 11.6 Å². The average Bonchev–Trinajstić information content (AvgIpc) is 3.09. The van der Waals surface area contributed by atoms with E-state index in [0.717, 1.165) is 22.3 Å². The number of hydrogen-bond acceptors (Lipinski definition) is 3. The minimum Gasteiger partial charge on any atom is -0.489 e. The Labute approximate surface area is 156 Å². The predicted molar refractivity (Wildman–Crippen MR) is 103 cm³/mol. The Balaban J connectivity index is 1.49. The van der Waals surface area contributed by atoms with Crippen LogP contribution in [0.3, 0.4) is 0 Å². The number of hydrogen-bond donors (Lipinski definition) is 1. The Kier molecular flexibility index (Phi) is 4.58. The summed E-state index contributed by atoms with van der Waals surface area (Å²) in [5.41, 5.74) is 3.10. The zero-order valence-electron chi connectivity index (χ0n) is 14.6. The van der Waals surface area contributed by atoms with Gasteiger partial charge in [-0.25, -0.2) is 4.79 Å². The van der Waals surface area contributed by atoms with Gasteiger partial charge in [-0.1, -0.05) is 48.5 Å². The summed E-state index contributed by atoms with van der Waals surface area (Å²) in [5.74, 6) is -0.143. The normalized spacial score (nSPS) is 10.8. The molecule has 0 aliphatic carbocycles. The first kappa shape index (κ1) is 16.8. The van der Waals surface area contributed by atoms with Crippen LogP contribution in [0.2, 0.25) is 0 Å². The fourth-order valence-corrected chi connectivity index (χ4v) is 2.94. The first-order valence-corrected chi connectivity index (χ1v) is 8.63. The second-order valence-electron chi connectivity index (χ2n) is 6.33. The van der Waals surface area contributed by atoms with Crippen LogP contribution in [0.4, 0.5) is 0 Å². The quantitative estimate of drug-likeness (QED) is 0.556. The molecule has 0 amide bonds. The van der Waals surface area contributed by atoms with Gasteiger partial charge in [-0.3, -0.25) is 4.68 Å². The molecule has 1 heterocycles. The number of benzene rings is 3. The largest absolute Gasteiger partial charge is 0.489 e. The molecule has 4 rings (SSSR count). The zero-order chi connectivity index (χ0) is 18.6. The van der Waals surface area contributed by atoms with Gasteiger partial charge < -0.3 is 9.84 Å². The topological polar surface area (TPSA) is 64.3 Å². The lowest BCUT2D eigenvalue weighted by Gasteiger charge is -2.08. The fourth-order valence-electron chi connectivity index (χ4n) is 2.94. The van der Waals surface area contributed by atoms with Crippen molar-refractivity contribution in [2.24, 2.45) is 0 Å². The highest BCUT2D eigenvalue weighted by Crippen LogP contribution is 2.18. The molecule has 0 bridgehead atoms. The van der Waals surface area contributed by atoms with E-state index in [4.69, 9.17) is 9.84 Å². The number of fused-ring (bicyclic) bond motifs is 1. The summed E-state index contributed by atoms with van der Waals surface area (Å²) in [6.45, 7) is 1.10. The van der Waals surface area contributed by atoms with Crippen LogP contribution < -0.4 is 4.74 Å². The summed E-state index contributed by atoms with van der Waals surface area (Å²) >= 11 is 0. The molecule has 134 valence electrons.